The number of nitrogens with zero attached hydrogens (tertiary/aromatic N) is 1. The highest BCUT2D eigenvalue weighted by atomic mass is 16.7. The number of imide groups is 2. The summed E-state index contributed by atoms with van der Waals surface area (Å²) in [5.41, 5.74) is -2.18. The van der Waals surface area contributed by atoms with Crippen LogP contribution in [0.1, 0.15) is 18.4 Å². The van der Waals surface area contributed by atoms with Gasteiger partial charge >= 0.3 is 6.03 Å². The van der Waals surface area contributed by atoms with Gasteiger partial charge in [0.25, 0.3) is 23.5 Å². The van der Waals surface area contributed by atoms with E-state index in [4.69, 9.17) is 4.74 Å². The van der Waals surface area contributed by atoms with E-state index in [9.17, 15) is 29.6 Å². The quantitative estimate of drug-likeness (QED) is 0.370. The average molecular weight is 349 g/mol. The molecule has 1 aromatic rings. The van der Waals surface area contributed by atoms with E-state index < -0.39 is 52.5 Å². The largest absolute Gasteiger partial charge is 0.368 e. The number of amides is 4. The lowest BCUT2D eigenvalue weighted by atomic mass is 9.70. The molecular weight excluding hydrogens is 334 g/mol. The first kappa shape index (κ1) is 17.0. The lowest BCUT2D eigenvalue weighted by molar-refractivity contribution is -0.556. The molecule has 4 amide bonds. The molecule has 1 aromatic carbocycles. The van der Waals surface area contributed by atoms with Gasteiger partial charge in [-0.05, 0) is 5.56 Å². The number of aliphatic hydroxyl groups excluding tert-OH is 1. The Morgan fingerprint density at radius 1 is 1.16 bits per heavy atom. The molecule has 0 unspecified atom stereocenters. The lowest BCUT2D eigenvalue weighted by Crippen LogP contribution is -2.77. The van der Waals surface area contributed by atoms with Crippen LogP contribution < -0.4 is 10.6 Å². The van der Waals surface area contributed by atoms with Crippen LogP contribution in [0.25, 0.3) is 0 Å². The van der Waals surface area contributed by atoms with Crippen LogP contribution in [0.15, 0.2) is 30.3 Å². The van der Waals surface area contributed by atoms with Gasteiger partial charge in [-0.25, -0.2) is 4.79 Å². The Bertz CT molecular complexity index is 731. The van der Waals surface area contributed by atoms with E-state index in [0.29, 0.717) is 5.56 Å². The summed E-state index contributed by atoms with van der Waals surface area (Å²) in [6, 6.07) is 5.29. The Balaban J connectivity index is 2.19. The first-order chi connectivity index (χ1) is 11.8. The van der Waals surface area contributed by atoms with Crippen molar-refractivity contribution in [3.8, 4) is 0 Å². The van der Waals surface area contributed by atoms with Crippen LogP contribution in [0.5, 0.6) is 0 Å². The van der Waals surface area contributed by atoms with Crippen molar-refractivity contribution in [2.45, 2.75) is 30.8 Å². The van der Waals surface area contributed by atoms with Crippen LogP contribution in [0.3, 0.4) is 0 Å². The molecule has 0 aromatic heterocycles. The molecular formula is C15H15N3O7. The summed E-state index contributed by atoms with van der Waals surface area (Å²) in [5, 5.41) is 25.7. The fourth-order valence-corrected chi connectivity index (χ4v) is 3.43. The highest BCUT2D eigenvalue weighted by molar-refractivity contribution is 6.22. The van der Waals surface area contributed by atoms with Gasteiger partial charge in [-0.2, -0.15) is 0 Å². The van der Waals surface area contributed by atoms with Gasteiger partial charge in [0.05, 0.1) is 5.92 Å². The van der Waals surface area contributed by atoms with Crippen molar-refractivity contribution in [2.24, 2.45) is 5.92 Å². The predicted octanol–water partition coefficient (Wildman–Crippen LogP) is -0.495. The van der Waals surface area contributed by atoms with Gasteiger partial charge in [0.1, 0.15) is 0 Å². The van der Waals surface area contributed by atoms with Gasteiger partial charge in [0.15, 0.2) is 6.29 Å². The van der Waals surface area contributed by atoms with Crippen LogP contribution in [-0.4, -0.2) is 45.8 Å². The molecule has 2 saturated heterocycles. The van der Waals surface area contributed by atoms with E-state index in [1.54, 1.807) is 30.3 Å². The van der Waals surface area contributed by atoms with Crippen molar-refractivity contribution in [1.82, 2.24) is 10.6 Å². The lowest BCUT2D eigenvalue weighted by Gasteiger charge is -2.46. The Morgan fingerprint density at radius 2 is 1.72 bits per heavy atom. The first-order valence-electron chi connectivity index (χ1n) is 7.50. The van der Waals surface area contributed by atoms with Crippen molar-refractivity contribution in [3.63, 3.8) is 0 Å². The first-order valence-corrected chi connectivity index (χ1v) is 7.50. The van der Waals surface area contributed by atoms with Crippen molar-refractivity contribution in [1.29, 1.82) is 0 Å². The Labute approximate surface area is 141 Å². The minimum atomic E-state index is -2.65. The minimum Gasteiger partial charge on any atom is -0.368 e. The molecule has 3 rings (SSSR count). The predicted molar refractivity (Wildman–Crippen MR) is 80.6 cm³/mol. The number of hydrogen-bond acceptors (Lipinski definition) is 7. The molecule has 0 bridgehead atoms. The maximum absolute atomic E-state index is 12.4. The highest BCUT2D eigenvalue weighted by Gasteiger charge is 2.70. The summed E-state index contributed by atoms with van der Waals surface area (Å²) >= 11 is 0. The SMILES string of the molecule is C[C@@H]1[C@@H](c2ccccc2)[C@H]([N+](=O)[O-])C2(O[C@H]1O)C(=O)NC(=O)NC2=O. The van der Waals surface area contributed by atoms with E-state index in [1.807, 2.05) is 10.6 Å². The smallest absolute Gasteiger partial charge is 0.328 e. The topological polar surface area (TPSA) is 148 Å². The summed E-state index contributed by atoms with van der Waals surface area (Å²) in [4.78, 5) is 47.2. The Morgan fingerprint density at radius 3 is 2.24 bits per heavy atom. The second kappa shape index (κ2) is 5.90. The van der Waals surface area contributed by atoms with E-state index in [1.165, 1.54) is 6.92 Å². The number of hydrogen-bond donors (Lipinski definition) is 3. The number of barbiturate groups is 1. The molecule has 0 radical (unpaired) electrons. The highest BCUT2D eigenvalue weighted by Crippen LogP contribution is 2.44. The zero-order chi connectivity index (χ0) is 18.4. The van der Waals surface area contributed by atoms with Crippen LogP contribution in [0.2, 0.25) is 0 Å². The maximum Gasteiger partial charge on any atom is 0.328 e. The summed E-state index contributed by atoms with van der Waals surface area (Å²) in [7, 11) is 0. The molecule has 3 N–H and O–H groups in total. The monoisotopic (exact) mass is 349 g/mol. The second-order valence-corrected chi connectivity index (χ2v) is 6.01. The van der Waals surface area contributed by atoms with E-state index in [2.05, 4.69) is 0 Å². The number of aliphatic hydroxyl groups is 1. The van der Waals surface area contributed by atoms with Gasteiger partial charge in [0.2, 0.25) is 0 Å². The molecule has 2 aliphatic heterocycles. The zero-order valence-corrected chi connectivity index (χ0v) is 13.0. The summed E-state index contributed by atoms with van der Waals surface area (Å²) in [5.74, 6) is -4.31. The molecule has 1 spiro atoms. The molecule has 2 fully saturated rings. The number of carbonyl (C=O) groups is 3. The van der Waals surface area contributed by atoms with E-state index in [0.717, 1.165) is 0 Å². The summed E-state index contributed by atoms with van der Waals surface area (Å²) < 4.78 is 5.16. The third kappa shape index (κ3) is 2.46. The molecule has 0 aliphatic carbocycles. The second-order valence-electron chi connectivity index (χ2n) is 6.01. The van der Waals surface area contributed by atoms with Crippen molar-refractivity contribution >= 4 is 17.8 Å². The summed E-state index contributed by atoms with van der Waals surface area (Å²) in [6.45, 7) is 1.52. The third-order valence-electron chi connectivity index (χ3n) is 4.62. The van der Waals surface area contributed by atoms with Crippen LogP contribution in [0, 0.1) is 16.0 Å². The molecule has 10 nitrogen and oxygen atoms in total. The molecule has 132 valence electrons. The van der Waals surface area contributed by atoms with E-state index in [-0.39, 0.29) is 0 Å². The fraction of sp³-hybridized carbons (Fsp3) is 0.400. The van der Waals surface area contributed by atoms with Crippen LogP contribution >= 0.6 is 0 Å². The fourth-order valence-electron chi connectivity index (χ4n) is 3.43. The third-order valence-corrected chi connectivity index (χ3v) is 4.62. The minimum absolute atomic E-state index is 0.468. The Hall–Kier alpha value is -2.85. The van der Waals surface area contributed by atoms with Gasteiger partial charge in [0, 0.05) is 10.8 Å². The van der Waals surface area contributed by atoms with Gasteiger partial charge in [-0.1, -0.05) is 37.3 Å². The molecule has 2 heterocycles. The van der Waals surface area contributed by atoms with Crippen LogP contribution in [-0.2, 0) is 14.3 Å². The van der Waals surface area contributed by atoms with Crippen molar-refractivity contribution < 1.29 is 29.2 Å². The molecule has 0 saturated carbocycles. The average Bonchev–Trinajstić information content (AvgIpc) is 2.55. The summed E-state index contributed by atoms with van der Waals surface area (Å²) in [6.07, 6.45) is -1.62. The van der Waals surface area contributed by atoms with Gasteiger partial charge < -0.3 is 9.84 Å². The number of nitro groups is 1. The van der Waals surface area contributed by atoms with Crippen LogP contribution in [0.4, 0.5) is 4.79 Å². The number of benzene rings is 1. The van der Waals surface area contributed by atoms with Gasteiger partial charge in [-0.15, -0.1) is 0 Å². The van der Waals surface area contributed by atoms with Gasteiger partial charge in [-0.3, -0.25) is 30.3 Å². The van der Waals surface area contributed by atoms with E-state index >= 15 is 0 Å². The number of nitrogens with one attached hydrogen (secondary N) is 2. The Kier molecular flexibility index (Phi) is 4.01. The standard InChI is InChI=1S/C15H15N3O7/c1-7-9(8-5-3-2-4-6-8)10(18(23)24)15(25-11(7)19)12(20)16-14(22)17-13(15)21/h2-7,9-11,19H,1H3,(H2,16,17,20,21,22)/t7-,9+,10+,11-/m1/s1. The molecule has 10 heteroatoms. The number of ether oxygens (including phenoxy) is 1. The van der Waals surface area contributed by atoms with Crippen molar-refractivity contribution in [3.05, 3.63) is 46.0 Å². The normalized spacial score (nSPS) is 31.4. The molecule has 4 atom stereocenters. The molecule has 2 aliphatic rings. The van der Waals surface area contributed by atoms with Crippen molar-refractivity contribution in [2.75, 3.05) is 0 Å². The number of rotatable bonds is 2. The maximum atomic E-state index is 12.4. The zero-order valence-electron chi connectivity index (χ0n) is 13.0. The molecule has 25 heavy (non-hydrogen) atoms. The number of urea groups is 1. The number of carbonyl (C=O) groups excluding carboxylic acids is 3.